The molecule has 0 aliphatic rings. The van der Waals surface area contributed by atoms with E-state index in [0.29, 0.717) is 18.6 Å². The molecule has 1 aromatic heterocycles. The van der Waals surface area contributed by atoms with Crippen molar-refractivity contribution in [1.82, 2.24) is 19.9 Å². The summed E-state index contributed by atoms with van der Waals surface area (Å²) in [5, 5.41) is 3.26. The van der Waals surface area contributed by atoms with Gasteiger partial charge in [0.2, 0.25) is 11.2 Å². The van der Waals surface area contributed by atoms with E-state index >= 15 is 0 Å². The summed E-state index contributed by atoms with van der Waals surface area (Å²) < 4.78 is 5.21. The van der Waals surface area contributed by atoms with Gasteiger partial charge in [0.1, 0.15) is 0 Å². The molecule has 1 heterocycles. The molecule has 1 aromatic rings. The van der Waals surface area contributed by atoms with Crippen LogP contribution in [0.5, 0.6) is 6.01 Å². The van der Waals surface area contributed by atoms with Crippen molar-refractivity contribution in [2.24, 2.45) is 0 Å². The highest BCUT2D eigenvalue weighted by atomic mass is 35.5. The normalized spacial score (nSPS) is 11.1. The van der Waals surface area contributed by atoms with Gasteiger partial charge in [-0.2, -0.15) is 15.0 Å². The quantitative estimate of drug-likeness (QED) is 0.739. The summed E-state index contributed by atoms with van der Waals surface area (Å²) in [4.78, 5) is 14.3. The van der Waals surface area contributed by atoms with Crippen molar-refractivity contribution in [2.75, 3.05) is 32.1 Å². The molecule has 0 aromatic carbocycles. The Morgan fingerprint density at radius 1 is 1.32 bits per heavy atom. The predicted molar refractivity (Wildman–Crippen MR) is 76.9 cm³/mol. The number of nitrogens with one attached hydrogen (secondary N) is 1. The van der Waals surface area contributed by atoms with Crippen molar-refractivity contribution in [1.29, 1.82) is 0 Å². The minimum Gasteiger partial charge on any atom is -0.464 e. The first-order valence-corrected chi connectivity index (χ1v) is 6.89. The van der Waals surface area contributed by atoms with E-state index in [1.807, 2.05) is 6.92 Å². The summed E-state index contributed by atoms with van der Waals surface area (Å²) >= 11 is 5.80. The fourth-order valence-corrected chi connectivity index (χ4v) is 1.54. The first-order chi connectivity index (χ1) is 9.02. The van der Waals surface area contributed by atoms with E-state index in [-0.39, 0.29) is 11.3 Å². The number of hydrogen-bond donors (Lipinski definition) is 1. The summed E-state index contributed by atoms with van der Waals surface area (Å²) in [6.45, 7) is 8.51. The summed E-state index contributed by atoms with van der Waals surface area (Å²) in [5.74, 6) is 0.454. The second kappa shape index (κ2) is 8.12. The topological polar surface area (TPSA) is 63.2 Å². The van der Waals surface area contributed by atoms with Crippen LogP contribution in [-0.2, 0) is 0 Å². The zero-order valence-electron chi connectivity index (χ0n) is 12.0. The maximum Gasteiger partial charge on any atom is 0.322 e. The van der Waals surface area contributed by atoms with Gasteiger partial charge in [0.15, 0.2) is 0 Å². The molecule has 0 saturated heterocycles. The van der Waals surface area contributed by atoms with Crippen LogP contribution in [0.3, 0.4) is 0 Å². The van der Waals surface area contributed by atoms with Crippen LogP contribution in [0, 0.1) is 0 Å². The van der Waals surface area contributed by atoms with E-state index in [0.717, 1.165) is 19.5 Å². The maximum absolute atomic E-state index is 5.80. The third kappa shape index (κ3) is 6.02. The molecule has 19 heavy (non-hydrogen) atoms. The SMILES string of the molecule is CCOc1nc(Cl)nc(NCCCN(C)C(C)C)n1. The van der Waals surface area contributed by atoms with Crippen LogP contribution in [0.25, 0.3) is 0 Å². The van der Waals surface area contributed by atoms with Crippen LogP contribution >= 0.6 is 11.6 Å². The van der Waals surface area contributed by atoms with Gasteiger partial charge in [-0.05, 0) is 52.4 Å². The molecule has 1 rings (SSSR count). The average molecular weight is 288 g/mol. The van der Waals surface area contributed by atoms with Gasteiger partial charge in [0, 0.05) is 12.6 Å². The Kier molecular flexibility index (Phi) is 6.80. The minimum atomic E-state index is 0.139. The monoisotopic (exact) mass is 287 g/mol. The van der Waals surface area contributed by atoms with Gasteiger partial charge in [0.05, 0.1) is 6.61 Å². The van der Waals surface area contributed by atoms with E-state index in [4.69, 9.17) is 16.3 Å². The van der Waals surface area contributed by atoms with Crippen LogP contribution < -0.4 is 10.1 Å². The van der Waals surface area contributed by atoms with Gasteiger partial charge in [0.25, 0.3) is 0 Å². The zero-order chi connectivity index (χ0) is 14.3. The zero-order valence-corrected chi connectivity index (χ0v) is 12.7. The highest BCUT2D eigenvalue weighted by molar-refractivity contribution is 6.28. The number of halogens is 1. The highest BCUT2D eigenvalue weighted by Gasteiger charge is 2.06. The number of rotatable bonds is 8. The molecule has 0 aliphatic heterocycles. The van der Waals surface area contributed by atoms with Gasteiger partial charge in [-0.25, -0.2) is 0 Å². The summed E-state index contributed by atoms with van der Waals surface area (Å²) in [6.07, 6.45) is 1.00. The molecule has 0 bridgehead atoms. The maximum atomic E-state index is 5.80. The average Bonchev–Trinajstić information content (AvgIpc) is 2.34. The molecule has 7 heteroatoms. The number of nitrogens with zero attached hydrogens (tertiary/aromatic N) is 4. The van der Waals surface area contributed by atoms with Crippen molar-refractivity contribution >= 4 is 17.5 Å². The minimum absolute atomic E-state index is 0.139. The summed E-state index contributed by atoms with van der Waals surface area (Å²) in [5.41, 5.74) is 0. The molecule has 0 atom stereocenters. The second-order valence-electron chi connectivity index (χ2n) is 4.50. The number of aromatic nitrogens is 3. The van der Waals surface area contributed by atoms with Crippen LogP contribution in [0.1, 0.15) is 27.2 Å². The predicted octanol–water partition coefficient (Wildman–Crippen LogP) is 2.07. The lowest BCUT2D eigenvalue weighted by molar-refractivity contribution is 0.273. The highest BCUT2D eigenvalue weighted by Crippen LogP contribution is 2.11. The Balaban J connectivity index is 2.40. The molecular weight excluding hydrogens is 266 g/mol. The van der Waals surface area contributed by atoms with Gasteiger partial charge < -0.3 is 15.0 Å². The molecule has 1 N–H and O–H groups in total. The van der Waals surface area contributed by atoms with Crippen LogP contribution in [-0.4, -0.2) is 52.6 Å². The van der Waals surface area contributed by atoms with Crippen LogP contribution in [0.2, 0.25) is 5.28 Å². The van der Waals surface area contributed by atoms with E-state index in [1.165, 1.54) is 0 Å². The van der Waals surface area contributed by atoms with Gasteiger partial charge in [-0.3, -0.25) is 0 Å². The lowest BCUT2D eigenvalue weighted by Gasteiger charge is -2.20. The fraction of sp³-hybridized carbons (Fsp3) is 0.750. The molecule has 0 amide bonds. The Labute approximate surface area is 119 Å². The third-order valence-corrected chi connectivity index (χ3v) is 2.88. The van der Waals surface area contributed by atoms with Gasteiger partial charge in [-0.1, -0.05) is 0 Å². The standard InChI is InChI=1S/C12H22ClN5O/c1-5-19-12-16-10(13)15-11(17-12)14-7-6-8-18(4)9(2)3/h9H,5-8H2,1-4H3,(H,14,15,16,17). The number of hydrogen-bond acceptors (Lipinski definition) is 6. The molecule has 0 saturated carbocycles. The second-order valence-corrected chi connectivity index (χ2v) is 4.84. The molecule has 6 nitrogen and oxygen atoms in total. The van der Waals surface area contributed by atoms with Crippen LogP contribution in [0.15, 0.2) is 0 Å². The third-order valence-electron chi connectivity index (χ3n) is 2.71. The molecule has 0 unspecified atom stereocenters. The van der Waals surface area contributed by atoms with Crippen molar-refractivity contribution in [2.45, 2.75) is 33.2 Å². The smallest absolute Gasteiger partial charge is 0.322 e. The molecule has 0 spiro atoms. The molecule has 0 fully saturated rings. The van der Waals surface area contributed by atoms with Gasteiger partial charge in [-0.15, -0.1) is 0 Å². The number of anilines is 1. The van der Waals surface area contributed by atoms with Crippen molar-refractivity contribution in [3.63, 3.8) is 0 Å². The summed E-state index contributed by atoms with van der Waals surface area (Å²) in [7, 11) is 2.11. The first kappa shape index (κ1) is 15.9. The number of ether oxygens (including phenoxy) is 1. The largest absolute Gasteiger partial charge is 0.464 e. The van der Waals surface area contributed by atoms with Gasteiger partial charge >= 0.3 is 6.01 Å². The Morgan fingerprint density at radius 3 is 2.68 bits per heavy atom. The Hall–Kier alpha value is -1.14. The lowest BCUT2D eigenvalue weighted by atomic mass is 10.3. The van der Waals surface area contributed by atoms with Crippen LogP contribution in [0.4, 0.5) is 5.95 Å². The first-order valence-electron chi connectivity index (χ1n) is 6.51. The van der Waals surface area contributed by atoms with E-state index in [1.54, 1.807) is 0 Å². The lowest BCUT2D eigenvalue weighted by Crippen LogP contribution is -2.28. The Bertz CT molecular complexity index is 388. The molecule has 108 valence electrons. The molecule has 0 aliphatic carbocycles. The van der Waals surface area contributed by atoms with Crippen molar-refractivity contribution < 1.29 is 4.74 Å². The van der Waals surface area contributed by atoms with E-state index in [9.17, 15) is 0 Å². The van der Waals surface area contributed by atoms with E-state index < -0.39 is 0 Å². The molecular formula is C12H22ClN5O. The van der Waals surface area contributed by atoms with E-state index in [2.05, 4.69) is 46.1 Å². The fourth-order valence-electron chi connectivity index (χ4n) is 1.39. The molecule has 0 radical (unpaired) electrons. The van der Waals surface area contributed by atoms with Crippen molar-refractivity contribution in [3.05, 3.63) is 5.28 Å². The van der Waals surface area contributed by atoms with Crippen molar-refractivity contribution in [3.8, 4) is 6.01 Å². The Morgan fingerprint density at radius 2 is 2.05 bits per heavy atom. The summed E-state index contributed by atoms with van der Waals surface area (Å²) in [6, 6.07) is 0.806.